The first kappa shape index (κ1) is 60.6. The molecular weight excluding hydrogens is 812 g/mol. The fourth-order valence-electron chi connectivity index (χ4n) is 7.50. The van der Waals surface area contributed by atoms with E-state index in [4.69, 9.17) is 0 Å². The van der Waals surface area contributed by atoms with Crippen LogP contribution in [0.2, 0.25) is 0 Å². The summed E-state index contributed by atoms with van der Waals surface area (Å²) < 4.78 is 0. The molecule has 0 aliphatic carbocycles. The van der Waals surface area contributed by atoms with Crippen LogP contribution in [-0.2, 0) is 19.3 Å². The molecule has 0 saturated heterocycles. The molecule has 0 aliphatic heterocycles. The lowest BCUT2D eigenvalue weighted by atomic mass is 10.0. The SMILES string of the molecule is CCCCCCCCCCCCc1ccc(P)cc1.CCCCCCCCCCCCc1ccc(P)cc1.CCCCCCCCCCCCc1ccc(P)cc1.Cl.Cl. The van der Waals surface area contributed by atoms with Crippen LogP contribution in [0.15, 0.2) is 72.8 Å². The molecule has 3 rings (SSSR count). The Kier molecular flexibility index (Phi) is 48.3. The van der Waals surface area contributed by atoms with E-state index in [2.05, 4.69) is 121 Å². The molecule has 3 aromatic rings. The van der Waals surface area contributed by atoms with Crippen molar-refractivity contribution in [1.82, 2.24) is 0 Å². The molecule has 3 unspecified atom stereocenters. The van der Waals surface area contributed by atoms with Crippen molar-refractivity contribution in [3.8, 4) is 0 Å². The van der Waals surface area contributed by atoms with E-state index in [9.17, 15) is 0 Å². The van der Waals surface area contributed by atoms with Gasteiger partial charge in [0.25, 0.3) is 0 Å². The Morgan fingerprint density at radius 2 is 0.390 bits per heavy atom. The fraction of sp³-hybridized carbons (Fsp3) is 0.667. The summed E-state index contributed by atoms with van der Waals surface area (Å²) in [5.74, 6) is 0. The zero-order valence-corrected chi connectivity index (χ0v) is 43.9. The van der Waals surface area contributed by atoms with Gasteiger partial charge in [0.1, 0.15) is 0 Å². The summed E-state index contributed by atoms with van der Waals surface area (Å²) in [5, 5.41) is 3.85. The minimum Gasteiger partial charge on any atom is -0.147 e. The summed E-state index contributed by atoms with van der Waals surface area (Å²) >= 11 is 0. The van der Waals surface area contributed by atoms with E-state index >= 15 is 0 Å². The van der Waals surface area contributed by atoms with E-state index in [0.29, 0.717) is 0 Å². The first-order valence-corrected chi connectivity index (χ1v) is 26.2. The van der Waals surface area contributed by atoms with E-state index in [1.807, 2.05) is 0 Å². The smallest absolute Gasteiger partial charge is 0.0279 e. The molecule has 0 aromatic heterocycles. The minimum atomic E-state index is 0. The molecule has 59 heavy (non-hydrogen) atoms. The van der Waals surface area contributed by atoms with Gasteiger partial charge in [0.2, 0.25) is 0 Å². The van der Waals surface area contributed by atoms with Gasteiger partial charge in [0.05, 0.1) is 0 Å². The third-order valence-electron chi connectivity index (χ3n) is 11.4. The van der Waals surface area contributed by atoms with Crippen LogP contribution >= 0.6 is 52.5 Å². The highest BCUT2D eigenvalue weighted by Crippen LogP contribution is 2.15. The topological polar surface area (TPSA) is 0 Å². The van der Waals surface area contributed by atoms with Crippen molar-refractivity contribution in [3.63, 3.8) is 0 Å². The zero-order chi connectivity index (χ0) is 41.3. The molecule has 0 bridgehead atoms. The molecule has 0 N–H and O–H groups in total. The first-order valence-electron chi connectivity index (χ1n) is 24.5. The highest BCUT2D eigenvalue weighted by molar-refractivity contribution is 7.27. The van der Waals surface area contributed by atoms with E-state index in [1.165, 1.54) is 244 Å². The van der Waals surface area contributed by atoms with Crippen LogP contribution in [0.25, 0.3) is 0 Å². The van der Waals surface area contributed by atoms with E-state index in [1.54, 1.807) is 0 Å². The lowest BCUT2D eigenvalue weighted by Crippen LogP contribution is -1.91. The number of unbranched alkanes of at least 4 members (excludes halogenated alkanes) is 27. The predicted octanol–water partition coefficient (Wildman–Crippen LogP) is 17.8. The number of aryl methyl sites for hydroxylation is 3. The number of hydrogen-bond donors (Lipinski definition) is 0. The lowest BCUT2D eigenvalue weighted by Gasteiger charge is -2.03. The fourth-order valence-corrected chi connectivity index (χ4v) is 8.08. The van der Waals surface area contributed by atoms with Gasteiger partial charge in [-0.25, -0.2) is 0 Å². The Balaban J connectivity index is 0. The van der Waals surface area contributed by atoms with Gasteiger partial charge < -0.3 is 0 Å². The van der Waals surface area contributed by atoms with Crippen molar-refractivity contribution in [2.24, 2.45) is 0 Å². The first-order chi connectivity index (χ1) is 28.0. The van der Waals surface area contributed by atoms with Crippen LogP contribution in [0.1, 0.15) is 230 Å². The minimum absolute atomic E-state index is 0. The average Bonchev–Trinajstić information content (AvgIpc) is 3.22. The average molecular weight is 908 g/mol. The van der Waals surface area contributed by atoms with Crippen LogP contribution in [0.5, 0.6) is 0 Å². The third-order valence-corrected chi connectivity index (χ3v) is 12.6. The van der Waals surface area contributed by atoms with Crippen LogP contribution in [0.3, 0.4) is 0 Å². The molecule has 0 heterocycles. The highest BCUT2D eigenvalue weighted by atomic mass is 35.5. The van der Waals surface area contributed by atoms with Crippen molar-refractivity contribution in [2.45, 2.75) is 233 Å². The van der Waals surface area contributed by atoms with Gasteiger partial charge in [-0.1, -0.05) is 267 Å². The van der Waals surface area contributed by atoms with Crippen molar-refractivity contribution < 1.29 is 0 Å². The highest BCUT2D eigenvalue weighted by Gasteiger charge is 1.98. The Bertz CT molecular complexity index is 1070. The second kappa shape index (κ2) is 47.0. The maximum atomic E-state index is 2.74. The second-order valence-corrected chi connectivity index (χ2v) is 19.0. The monoisotopic (exact) mass is 907 g/mol. The molecule has 340 valence electrons. The van der Waals surface area contributed by atoms with Gasteiger partial charge >= 0.3 is 0 Å². The summed E-state index contributed by atoms with van der Waals surface area (Å²) in [6.45, 7) is 6.85. The number of rotatable bonds is 33. The molecule has 0 radical (unpaired) electrons. The summed E-state index contributed by atoms with van der Waals surface area (Å²) in [6, 6.07) is 26.7. The lowest BCUT2D eigenvalue weighted by molar-refractivity contribution is 0.556. The van der Waals surface area contributed by atoms with Gasteiger partial charge in [-0.3, -0.25) is 0 Å². The number of benzene rings is 3. The Morgan fingerprint density at radius 1 is 0.237 bits per heavy atom. The van der Waals surface area contributed by atoms with Crippen molar-refractivity contribution in [2.75, 3.05) is 0 Å². The van der Waals surface area contributed by atoms with Crippen LogP contribution < -0.4 is 15.9 Å². The molecule has 0 amide bonds. The van der Waals surface area contributed by atoms with Crippen molar-refractivity contribution >= 4 is 68.4 Å². The molecule has 0 spiro atoms. The van der Waals surface area contributed by atoms with Crippen LogP contribution in [0.4, 0.5) is 0 Å². The predicted molar refractivity (Wildman–Crippen MR) is 288 cm³/mol. The van der Waals surface area contributed by atoms with Gasteiger partial charge in [0, 0.05) is 0 Å². The molecular formula is C54H95Cl2P3. The summed E-state index contributed by atoms with van der Waals surface area (Å²) in [4.78, 5) is 0. The van der Waals surface area contributed by atoms with Gasteiger partial charge in [-0.05, 0) is 71.1 Å². The quantitative estimate of drug-likeness (QED) is 0.0422. The van der Waals surface area contributed by atoms with Gasteiger partial charge in [0.15, 0.2) is 0 Å². The van der Waals surface area contributed by atoms with E-state index < -0.39 is 0 Å². The summed E-state index contributed by atoms with van der Waals surface area (Å²) in [7, 11) is 8.23. The summed E-state index contributed by atoms with van der Waals surface area (Å²) in [6.07, 6.45) is 46.4. The number of halogens is 2. The van der Waals surface area contributed by atoms with Crippen LogP contribution in [0, 0.1) is 0 Å². The standard InChI is InChI=1S/3C18H31P.2ClH/c3*1-2-3-4-5-6-7-8-9-10-11-12-17-13-15-18(19)16-14-17;;/h3*13-16H,2-12,19H2,1H3;2*1H. The maximum Gasteiger partial charge on any atom is -0.0279 e. The third kappa shape index (κ3) is 41.3. The largest absolute Gasteiger partial charge is 0.147 e. The molecule has 3 atom stereocenters. The Hall–Kier alpha value is -0.470. The maximum absolute atomic E-state index is 2.74. The molecule has 0 saturated carbocycles. The van der Waals surface area contributed by atoms with Crippen molar-refractivity contribution in [3.05, 3.63) is 89.5 Å². The normalized spacial score (nSPS) is 10.5. The van der Waals surface area contributed by atoms with Gasteiger partial charge in [-0.15, -0.1) is 52.5 Å². The second-order valence-electron chi connectivity index (χ2n) is 17.0. The van der Waals surface area contributed by atoms with Crippen molar-refractivity contribution in [1.29, 1.82) is 0 Å². The van der Waals surface area contributed by atoms with E-state index in [0.717, 1.165) is 0 Å². The number of hydrogen-bond acceptors (Lipinski definition) is 0. The summed E-state index contributed by atoms with van der Waals surface area (Å²) in [5.41, 5.74) is 4.47. The van der Waals surface area contributed by atoms with Gasteiger partial charge in [-0.2, -0.15) is 0 Å². The molecule has 0 aliphatic rings. The van der Waals surface area contributed by atoms with Crippen LogP contribution in [-0.4, -0.2) is 0 Å². The molecule has 3 aromatic carbocycles. The molecule has 0 nitrogen and oxygen atoms in total. The molecule has 5 heteroatoms. The zero-order valence-electron chi connectivity index (χ0n) is 38.8. The Morgan fingerprint density at radius 3 is 0.559 bits per heavy atom. The molecule has 0 fully saturated rings. The van der Waals surface area contributed by atoms with E-state index in [-0.39, 0.29) is 24.8 Å². The Labute approximate surface area is 388 Å².